The number of benzene rings is 1. The number of rotatable bonds is 9. The Hall–Kier alpha value is -0.640. The van der Waals surface area contributed by atoms with Crippen molar-refractivity contribution < 1.29 is 13.5 Å². The Morgan fingerprint density at radius 3 is 2.48 bits per heavy atom. The molecule has 1 aromatic carbocycles. The fourth-order valence-electron chi connectivity index (χ4n) is 3.70. The average molecular weight is 417 g/mol. The lowest BCUT2D eigenvalue weighted by Gasteiger charge is -2.29. The van der Waals surface area contributed by atoms with Crippen molar-refractivity contribution in [3.8, 4) is 5.75 Å². The Bertz CT molecular complexity index is 527. The van der Waals surface area contributed by atoms with Crippen molar-refractivity contribution in [2.75, 3.05) is 11.9 Å². The Balaban J connectivity index is 1.93. The van der Waals surface area contributed by atoms with Crippen molar-refractivity contribution in [1.29, 1.82) is 0 Å². The fraction of sp³-hybridized carbons (Fsp3) is 0.714. The lowest BCUT2D eigenvalue weighted by molar-refractivity contribution is 0.256. The summed E-state index contributed by atoms with van der Waals surface area (Å²) in [6.45, 7) is 4.60. The summed E-state index contributed by atoms with van der Waals surface area (Å²) in [5, 5.41) is 0.774. The molecule has 1 aliphatic carbocycles. The first-order valence-corrected chi connectivity index (χ1v) is 10.9. The molecule has 1 saturated carbocycles. The molecule has 0 saturated heterocycles. The highest BCUT2D eigenvalue weighted by molar-refractivity contribution is 9.09. The molecule has 4 heteroatoms. The highest BCUT2D eigenvalue weighted by Crippen LogP contribution is 2.40. The highest BCUT2D eigenvalue weighted by Gasteiger charge is 2.26. The van der Waals surface area contributed by atoms with Gasteiger partial charge in [-0.3, -0.25) is 0 Å². The van der Waals surface area contributed by atoms with Crippen LogP contribution in [0.25, 0.3) is 0 Å². The maximum atomic E-state index is 14.5. The van der Waals surface area contributed by atoms with Crippen molar-refractivity contribution in [1.82, 2.24) is 0 Å². The Kier molecular flexibility index (Phi) is 8.68. The summed E-state index contributed by atoms with van der Waals surface area (Å²) < 4.78 is 34.3. The van der Waals surface area contributed by atoms with Gasteiger partial charge in [-0.05, 0) is 55.1 Å². The van der Waals surface area contributed by atoms with E-state index >= 15 is 0 Å². The van der Waals surface area contributed by atoms with Crippen LogP contribution in [0, 0.1) is 23.5 Å². The Labute approximate surface area is 159 Å². The molecule has 1 nitrogen and oxygen atoms in total. The molecule has 0 heterocycles. The van der Waals surface area contributed by atoms with Gasteiger partial charge in [-0.1, -0.05) is 61.5 Å². The quantitative estimate of drug-likeness (QED) is 0.304. The van der Waals surface area contributed by atoms with E-state index in [4.69, 9.17) is 4.74 Å². The zero-order chi connectivity index (χ0) is 18.2. The molecular weight excluding hydrogens is 386 g/mol. The van der Waals surface area contributed by atoms with Gasteiger partial charge in [-0.25, -0.2) is 4.39 Å². The van der Waals surface area contributed by atoms with Crippen LogP contribution in [0.4, 0.5) is 8.78 Å². The van der Waals surface area contributed by atoms with E-state index in [0.717, 1.165) is 36.9 Å². The molecule has 0 radical (unpaired) electrons. The maximum absolute atomic E-state index is 14.5. The van der Waals surface area contributed by atoms with Crippen LogP contribution in [0.15, 0.2) is 12.1 Å². The third-order valence-corrected chi connectivity index (χ3v) is 6.47. The van der Waals surface area contributed by atoms with E-state index in [2.05, 4.69) is 22.9 Å². The number of hydrogen-bond donors (Lipinski definition) is 0. The predicted octanol–water partition coefficient (Wildman–Crippen LogP) is 7.23. The van der Waals surface area contributed by atoms with Crippen LogP contribution in [0.2, 0.25) is 0 Å². The Morgan fingerprint density at radius 2 is 1.84 bits per heavy atom. The second kappa shape index (κ2) is 10.5. The molecule has 25 heavy (non-hydrogen) atoms. The molecular formula is C21H31BrF2O. The normalized spacial score (nSPS) is 22.0. The van der Waals surface area contributed by atoms with Crippen molar-refractivity contribution in [2.24, 2.45) is 11.8 Å². The minimum atomic E-state index is -0.829. The van der Waals surface area contributed by atoms with Gasteiger partial charge in [0.05, 0.1) is 6.61 Å². The molecule has 1 aromatic rings. The molecule has 0 N–H and O–H groups in total. The third-order valence-electron chi connectivity index (χ3n) is 5.37. The van der Waals surface area contributed by atoms with Gasteiger partial charge >= 0.3 is 0 Å². The molecule has 0 unspecified atom stereocenters. The van der Waals surface area contributed by atoms with Gasteiger partial charge in [-0.15, -0.1) is 0 Å². The first-order chi connectivity index (χ1) is 12.1. The van der Waals surface area contributed by atoms with E-state index in [1.54, 1.807) is 12.1 Å². The molecule has 0 bridgehead atoms. The summed E-state index contributed by atoms with van der Waals surface area (Å²) in [5.41, 5.74) is 0.533. The van der Waals surface area contributed by atoms with Gasteiger partial charge in [0.1, 0.15) is 0 Å². The first kappa shape index (κ1) is 20.7. The summed E-state index contributed by atoms with van der Waals surface area (Å²) >= 11 is 3.36. The van der Waals surface area contributed by atoms with Crippen LogP contribution in [0.1, 0.15) is 76.7 Å². The van der Waals surface area contributed by atoms with Crippen molar-refractivity contribution >= 4 is 15.9 Å². The number of alkyl halides is 1. The third kappa shape index (κ3) is 5.94. The largest absolute Gasteiger partial charge is 0.490 e. The van der Waals surface area contributed by atoms with Gasteiger partial charge in [0.2, 0.25) is 5.82 Å². The zero-order valence-corrected chi connectivity index (χ0v) is 17.1. The summed E-state index contributed by atoms with van der Waals surface area (Å²) in [6, 6.07) is 3.33. The first-order valence-electron chi connectivity index (χ1n) is 9.73. The maximum Gasteiger partial charge on any atom is 0.200 e. The average Bonchev–Trinajstić information content (AvgIpc) is 2.63. The number of ether oxygens (including phenoxy) is 1. The molecule has 0 spiro atoms. The molecule has 142 valence electrons. The van der Waals surface area contributed by atoms with E-state index in [1.165, 1.54) is 25.7 Å². The highest BCUT2D eigenvalue weighted by atomic mass is 79.9. The van der Waals surface area contributed by atoms with Crippen LogP contribution >= 0.6 is 15.9 Å². The van der Waals surface area contributed by atoms with E-state index in [0.29, 0.717) is 12.2 Å². The Morgan fingerprint density at radius 1 is 1.12 bits per heavy atom. The standard InChI is InChI=1S/C21H31BrF2O/c1-3-4-5-6-16-7-9-17(10-8-16)18-11-12-19(21(24)20(18)23)25-14-15(2)13-22/h11-12,15-17H,3-10,13-14H2,1-2H3/t15-,16?,17?/m0/s1. The van der Waals surface area contributed by atoms with Crippen LogP contribution in [-0.2, 0) is 0 Å². The number of hydrogen-bond acceptors (Lipinski definition) is 1. The smallest absolute Gasteiger partial charge is 0.200 e. The van der Waals surface area contributed by atoms with Gasteiger partial charge in [0.25, 0.3) is 0 Å². The summed E-state index contributed by atoms with van der Waals surface area (Å²) in [4.78, 5) is 0. The predicted molar refractivity (Wildman–Crippen MR) is 104 cm³/mol. The minimum Gasteiger partial charge on any atom is -0.490 e. The van der Waals surface area contributed by atoms with Crippen LogP contribution in [0.3, 0.4) is 0 Å². The van der Waals surface area contributed by atoms with Gasteiger partial charge in [0, 0.05) is 5.33 Å². The topological polar surface area (TPSA) is 9.23 Å². The zero-order valence-electron chi connectivity index (χ0n) is 15.5. The molecule has 0 aromatic heterocycles. The van der Waals surface area contributed by atoms with Crippen molar-refractivity contribution in [3.63, 3.8) is 0 Å². The molecule has 1 fully saturated rings. The lowest BCUT2D eigenvalue weighted by Crippen LogP contribution is -2.15. The van der Waals surface area contributed by atoms with Crippen LogP contribution in [0.5, 0.6) is 5.75 Å². The van der Waals surface area contributed by atoms with Gasteiger partial charge < -0.3 is 4.74 Å². The van der Waals surface area contributed by atoms with E-state index < -0.39 is 11.6 Å². The van der Waals surface area contributed by atoms with Crippen LogP contribution in [-0.4, -0.2) is 11.9 Å². The number of unbranched alkanes of at least 4 members (excludes halogenated alkanes) is 2. The molecule has 1 atom stereocenters. The van der Waals surface area contributed by atoms with Crippen molar-refractivity contribution in [2.45, 2.75) is 71.1 Å². The SMILES string of the molecule is CCCCCC1CCC(c2ccc(OC[C@@H](C)CBr)c(F)c2F)CC1. The van der Waals surface area contributed by atoms with Crippen LogP contribution < -0.4 is 4.74 Å². The molecule has 2 rings (SSSR count). The van der Waals surface area contributed by atoms with Crippen molar-refractivity contribution in [3.05, 3.63) is 29.3 Å². The minimum absolute atomic E-state index is 0.0299. The monoisotopic (exact) mass is 416 g/mol. The van der Waals surface area contributed by atoms with E-state index in [1.807, 2.05) is 6.92 Å². The summed E-state index contributed by atoms with van der Waals surface area (Å²) in [7, 11) is 0. The summed E-state index contributed by atoms with van der Waals surface area (Å²) in [6.07, 6.45) is 9.34. The van der Waals surface area contributed by atoms with Gasteiger partial charge in [0.15, 0.2) is 11.6 Å². The summed E-state index contributed by atoms with van der Waals surface area (Å²) in [5.74, 6) is -0.341. The van der Waals surface area contributed by atoms with E-state index in [-0.39, 0.29) is 17.6 Å². The van der Waals surface area contributed by atoms with E-state index in [9.17, 15) is 8.78 Å². The molecule has 0 aliphatic heterocycles. The lowest BCUT2D eigenvalue weighted by atomic mass is 9.77. The number of halogens is 3. The second-order valence-corrected chi connectivity index (χ2v) is 8.21. The fourth-order valence-corrected chi connectivity index (χ4v) is 3.88. The molecule has 1 aliphatic rings. The second-order valence-electron chi connectivity index (χ2n) is 7.56. The molecule has 0 amide bonds. The van der Waals surface area contributed by atoms with Gasteiger partial charge in [-0.2, -0.15) is 4.39 Å².